The van der Waals surface area contributed by atoms with E-state index in [1.165, 1.54) is 5.56 Å². The molecule has 7 heteroatoms. The van der Waals surface area contributed by atoms with E-state index in [0.29, 0.717) is 42.5 Å². The van der Waals surface area contributed by atoms with E-state index in [2.05, 4.69) is 41.6 Å². The summed E-state index contributed by atoms with van der Waals surface area (Å²) in [7, 11) is 4.71. The van der Waals surface area contributed by atoms with Gasteiger partial charge in [0.1, 0.15) is 5.82 Å². The molecule has 0 radical (unpaired) electrons. The van der Waals surface area contributed by atoms with Crippen molar-refractivity contribution in [1.82, 2.24) is 9.78 Å². The molecule has 0 saturated carbocycles. The highest BCUT2D eigenvalue weighted by molar-refractivity contribution is 5.90. The molecule has 0 bridgehead atoms. The fourth-order valence-electron chi connectivity index (χ4n) is 3.36. The van der Waals surface area contributed by atoms with E-state index in [0.717, 1.165) is 17.5 Å². The fraction of sp³-hybridized carbons (Fsp3) is 0.333. The molecule has 1 heterocycles. The van der Waals surface area contributed by atoms with Crippen molar-refractivity contribution in [3.8, 4) is 17.2 Å². The Kier molecular flexibility index (Phi) is 7.54. The molecule has 164 valence electrons. The van der Waals surface area contributed by atoms with Gasteiger partial charge in [0.15, 0.2) is 11.5 Å². The van der Waals surface area contributed by atoms with Gasteiger partial charge in [-0.05, 0) is 41.7 Å². The van der Waals surface area contributed by atoms with Crippen LogP contribution in [-0.2, 0) is 24.2 Å². The number of anilines is 1. The number of methoxy groups -OCH3 is 3. The number of carbonyl (C=O) groups is 1. The molecule has 0 aliphatic carbocycles. The van der Waals surface area contributed by atoms with Gasteiger partial charge in [-0.1, -0.05) is 31.2 Å². The van der Waals surface area contributed by atoms with Crippen LogP contribution in [0.3, 0.4) is 0 Å². The lowest BCUT2D eigenvalue weighted by Gasteiger charge is -2.14. The van der Waals surface area contributed by atoms with Gasteiger partial charge >= 0.3 is 0 Å². The summed E-state index contributed by atoms with van der Waals surface area (Å²) in [5, 5.41) is 7.30. The minimum atomic E-state index is -0.0863. The number of amides is 1. The van der Waals surface area contributed by atoms with Crippen molar-refractivity contribution in [2.45, 2.75) is 32.7 Å². The van der Waals surface area contributed by atoms with Gasteiger partial charge in [-0.15, -0.1) is 0 Å². The molecular formula is C24H29N3O4. The molecule has 0 aliphatic heterocycles. The van der Waals surface area contributed by atoms with Crippen molar-refractivity contribution >= 4 is 11.7 Å². The molecule has 3 rings (SSSR count). The van der Waals surface area contributed by atoms with Crippen LogP contribution in [0.5, 0.6) is 17.2 Å². The molecule has 3 aromatic rings. The third kappa shape index (κ3) is 5.57. The van der Waals surface area contributed by atoms with E-state index in [9.17, 15) is 4.79 Å². The standard InChI is InChI=1S/C24H29N3O4/c1-5-17-6-8-18(9-7-17)16-27-22(12-13-25-27)26-23(28)11-10-19-14-20(29-2)24(31-4)21(15-19)30-3/h6-9,12-15H,5,10-11,16H2,1-4H3,(H,26,28). The molecule has 0 unspecified atom stereocenters. The van der Waals surface area contributed by atoms with Gasteiger partial charge in [-0.2, -0.15) is 5.10 Å². The van der Waals surface area contributed by atoms with E-state index in [1.807, 2.05) is 12.1 Å². The number of nitrogens with zero attached hydrogens (tertiary/aromatic N) is 2. The number of benzene rings is 2. The van der Waals surface area contributed by atoms with E-state index >= 15 is 0 Å². The Hall–Kier alpha value is -3.48. The Labute approximate surface area is 182 Å². The number of nitrogens with one attached hydrogen (secondary N) is 1. The minimum absolute atomic E-state index is 0.0863. The second-order valence-corrected chi connectivity index (χ2v) is 7.13. The fourth-order valence-corrected chi connectivity index (χ4v) is 3.36. The highest BCUT2D eigenvalue weighted by atomic mass is 16.5. The van der Waals surface area contributed by atoms with E-state index < -0.39 is 0 Å². The minimum Gasteiger partial charge on any atom is -0.493 e. The molecule has 31 heavy (non-hydrogen) atoms. The van der Waals surface area contributed by atoms with Crippen molar-refractivity contribution < 1.29 is 19.0 Å². The lowest BCUT2D eigenvalue weighted by atomic mass is 10.1. The molecule has 1 N–H and O–H groups in total. The zero-order chi connectivity index (χ0) is 22.2. The van der Waals surface area contributed by atoms with Crippen LogP contribution in [0.25, 0.3) is 0 Å². The van der Waals surface area contributed by atoms with Gasteiger partial charge in [0.25, 0.3) is 0 Å². The molecule has 0 atom stereocenters. The average molecular weight is 424 g/mol. The third-order valence-electron chi connectivity index (χ3n) is 5.11. The highest BCUT2D eigenvalue weighted by Gasteiger charge is 2.14. The first kappa shape index (κ1) is 22.2. The SMILES string of the molecule is CCc1ccc(Cn2nccc2NC(=O)CCc2cc(OC)c(OC)c(OC)c2)cc1. The molecule has 0 spiro atoms. The molecule has 7 nitrogen and oxygen atoms in total. The van der Waals surface area contributed by atoms with E-state index in [-0.39, 0.29) is 5.91 Å². The van der Waals surface area contributed by atoms with Gasteiger partial charge in [-0.25, -0.2) is 4.68 Å². The van der Waals surface area contributed by atoms with Crippen LogP contribution in [0.15, 0.2) is 48.7 Å². The lowest BCUT2D eigenvalue weighted by molar-refractivity contribution is -0.116. The van der Waals surface area contributed by atoms with Crippen molar-refractivity contribution in [1.29, 1.82) is 0 Å². The Morgan fingerprint density at radius 2 is 1.58 bits per heavy atom. The smallest absolute Gasteiger partial charge is 0.225 e. The first-order valence-corrected chi connectivity index (χ1v) is 10.3. The number of aromatic nitrogens is 2. The second-order valence-electron chi connectivity index (χ2n) is 7.13. The summed E-state index contributed by atoms with van der Waals surface area (Å²) in [6, 6.07) is 13.9. The molecule has 1 amide bonds. The Morgan fingerprint density at radius 1 is 0.935 bits per heavy atom. The maximum absolute atomic E-state index is 12.6. The molecule has 0 fully saturated rings. The Balaban J connectivity index is 1.62. The summed E-state index contributed by atoms with van der Waals surface area (Å²) in [6.45, 7) is 2.73. The van der Waals surface area contributed by atoms with Gasteiger partial charge in [-0.3, -0.25) is 4.79 Å². The Bertz CT molecular complexity index is 987. The molecule has 2 aromatic carbocycles. The quantitative estimate of drug-likeness (QED) is 0.532. The normalized spacial score (nSPS) is 10.6. The van der Waals surface area contributed by atoms with Crippen molar-refractivity contribution in [2.75, 3.05) is 26.6 Å². The maximum atomic E-state index is 12.6. The van der Waals surface area contributed by atoms with E-state index in [4.69, 9.17) is 14.2 Å². The number of rotatable bonds is 10. The van der Waals surface area contributed by atoms with Crippen molar-refractivity contribution in [3.63, 3.8) is 0 Å². The number of ether oxygens (including phenoxy) is 3. The first-order chi connectivity index (χ1) is 15.1. The summed E-state index contributed by atoms with van der Waals surface area (Å²) in [5.41, 5.74) is 3.35. The topological polar surface area (TPSA) is 74.6 Å². The number of aryl methyl sites for hydroxylation is 2. The number of carbonyl (C=O) groups excluding carboxylic acids is 1. The second kappa shape index (κ2) is 10.5. The number of hydrogen-bond acceptors (Lipinski definition) is 5. The first-order valence-electron chi connectivity index (χ1n) is 10.3. The third-order valence-corrected chi connectivity index (χ3v) is 5.11. The van der Waals surface area contributed by atoms with E-state index in [1.54, 1.807) is 38.3 Å². The average Bonchev–Trinajstić information content (AvgIpc) is 3.23. The highest BCUT2D eigenvalue weighted by Crippen LogP contribution is 2.38. The zero-order valence-electron chi connectivity index (χ0n) is 18.5. The monoisotopic (exact) mass is 423 g/mol. The summed E-state index contributed by atoms with van der Waals surface area (Å²) in [6.07, 6.45) is 3.55. The number of hydrogen-bond donors (Lipinski definition) is 1. The van der Waals surface area contributed by atoms with Gasteiger partial charge in [0.2, 0.25) is 11.7 Å². The van der Waals surface area contributed by atoms with Crippen LogP contribution in [-0.4, -0.2) is 37.0 Å². The Morgan fingerprint density at radius 3 is 2.16 bits per heavy atom. The lowest BCUT2D eigenvalue weighted by Crippen LogP contribution is -2.16. The summed E-state index contributed by atoms with van der Waals surface area (Å²) >= 11 is 0. The predicted molar refractivity (Wildman–Crippen MR) is 120 cm³/mol. The zero-order valence-corrected chi connectivity index (χ0v) is 18.5. The largest absolute Gasteiger partial charge is 0.493 e. The van der Waals surface area contributed by atoms with Crippen LogP contribution in [0.2, 0.25) is 0 Å². The van der Waals surface area contributed by atoms with Crippen LogP contribution < -0.4 is 19.5 Å². The molecule has 0 aliphatic rings. The van der Waals surface area contributed by atoms with Crippen LogP contribution in [0.4, 0.5) is 5.82 Å². The molecule has 0 saturated heterocycles. The maximum Gasteiger partial charge on any atom is 0.225 e. The summed E-state index contributed by atoms with van der Waals surface area (Å²) in [4.78, 5) is 12.6. The summed E-state index contributed by atoms with van der Waals surface area (Å²) < 4.78 is 17.9. The summed E-state index contributed by atoms with van der Waals surface area (Å²) in [5.74, 6) is 2.27. The van der Waals surface area contributed by atoms with Crippen molar-refractivity contribution in [3.05, 3.63) is 65.4 Å². The predicted octanol–water partition coefficient (Wildman–Crippen LogP) is 4.09. The molecule has 1 aromatic heterocycles. The van der Waals surface area contributed by atoms with Gasteiger partial charge < -0.3 is 19.5 Å². The van der Waals surface area contributed by atoms with Gasteiger partial charge in [0.05, 0.1) is 34.1 Å². The van der Waals surface area contributed by atoms with Gasteiger partial charge in [0, 0.05) is 12.5 Å². The van der Waals surface area contributed by atoms with Crippen LogP contribution >= 0.6 is 0 Å². The van der Waals surface area contributed by atoms with Crippen LogP contribution in [0.1, 0.15) is 30.0 Å². The molecular weight excluding hydrogens is 394 g/mol. The van der Waals surface area contributed by atoms with Crippen LogP contribution in [0, 0.1) is 0 Å². The van der Waals surface area contributed by atoms with Crippen molar-refractivity contribution in [2.24, 2.45) is 0 Å².